The molecule has 0 atom stereocenters. The molecular weight excluding hydrogens is 369 g/mol. The minimum atomic E-state index is -5.65. The van der Waals surface area contributed by atoms with E-state index in [-0.39, 0.29) is 6.54 Å². The number of nitrogens with two attached hydrogens (primary N) is 1. The molecule has 0 bridgehead atoms. The van der Waals surface area contributed by atoms with Crippen molar-refractivity contribution in [2.24, 2.45) is 5.73 Å². The van der Waals surface area contributed by atoms with Gasteiger partial charge in [-0.25, -0.2) is 17.6 Å². The van der Waals surface area contributed by atoms with Crippen LogP contribution in [0.15, 0.2) is 24.3 Å². The average molecular weight is 380 g/mol. The molecule has 0 aliphatic rings. The van der Waals surface area contributed by atoms with E-state index in [1.54, 1.807) is 17.4 Å². The van der Waals surface area contributed by atoms with Crippen molar-refractivity contribution >= 4 is 11.6 Å². The molecule has 3 N–H and O–H groups in total. The van der Waals surface area contributed by atoms with E-state index in [0.29, 0.717) is 11.1 Å². The highest BCUT2D eigenvalue weighted by Gasteiger charge is 2.42. The molecule has 0 aliphatic heterocycles. The first-order valence-electron chi connectivity index (χ1n) is 7.07. The summed E-state index contributed by atoms with van der Waals surface area (Å²) in [6.07, 6.45) is -6.10. The molecule has 0 fully saturated rings. The molecule has 0 aliphatic carbocycles. The highest BCUT2D eigenvalue weighted by molar-refractivity contribution is 5.92. The van der Waals surface area contributed by atoms with Gasteiger partial charge in [-0.3, -0.25) is 4.79 Å². The molecule has 0 spiro atoms. The smallest absolute Gasteiger partial charge is 0.326 e. The zero-order chi connectivity index (χ0) is 19.6. The van der Waals surface area contributed by atoms with Gasteiger partial charge in [0.25, 0.3) is 0 Å². The number of anilines is 1. The molecule has 10 heteroatoms. The number of nitrogens with one attached hydrogen (secondary N) is 1. The second-order valence-corrected chi connectivity index (χ2v) is 5.25. The van der Waals surface area contributed by atoms with Gasteiger partial charge in [0.05, 0.1) is 6.42 Å². The Morgan fingerprint density at radius 1 is 0.962 bits per heavy atom. The number of benzene rings is 2. The van der Waals surface area contributed by atoms with Gasteiger partial charge in [0, 0.05) is 6.54 Å². The minimum absolute atomic E-state index is 0.161. The van der Waals surface area contributed by atoms with Gasteiger partial charge in [-0.2, -0.15) is 13.2 Å². The van der Waals surface area contributed by atoms with Crippen LogP contribution in [-0.4, -0.2) is 5.91 Å². The Kier molecular flexibility index (Phi) is 5.55. The van der Waals surface area contributed by atoms with E-state index >= 15 is 0 Å². The molecule has 3 nitrogen and oxygen atoms in total. The van der Waals surface area contributed by atoms with E-state index in [0.717, 1.165) is 0 Å². The Balaban J connectivity index is 2.33. The molecule has 2 aromatic carbocycles. The van der Waals surface area contributed by atoms with Crippen molar-refractivity contribution in [2.45, 2.75) is 19.1 Å². The Labute approximate surface area is 142 Å². The summed E-state index contributed by atoms with van der Waals surface area (Å²) in [7, 11) is 0. The SMILES string of the molecule is NCc1cccc(CC(=O)Nc2c(F)c(F)c(C(F)(F)F)c(F)c2F)c1. The molecule has 2 aromatic rings. The summed E-state index contributed by atoms with van der Waals surface area (Å²) in [5.41, 5.74) is 2.11. The normalized spacial score (nSPS) is 11.5. The first-order chi connectivity index (χ1) is 12.1. The highest BCUT2D eigenvalue weighted by atomic mass is 19.4. The van der Waals surface area contributed by atoms with Gasteiger partial charge >= 0.3 is 6.18 Å². The van der Waals surface area contributed by atoms with Crippen LogP contribution >= 0.6 is 0 Å². The lowest BCUT2D eigenvalue weighted by atomic mass is 10.1. The van der Waals surface area contributed by atoms with Gasteiger partial charge in [0.1, 0.15) is 11.3 Å². The Morgan fingerprint density at radius 2 is 1.50 bits per heavy atom. The summed E-state index contributed by atoms with van der Waals surface area (Å²) < 4.78 is 92.0. The van der Waals surface area contributed by atoms with E-state index in [1.165, 1.54) is 12.1 Å². The minimum Gasteiger partial charge on any atom is -0.326 e. The Bertz CT molecular complexity index is 820. The van der Waals surface area contributed by atoms with E-state index in [9.17, 15) is 35.5 Å². The van der Waals surface area contributed by atoms with Crippen LogP contribution < -0.4 is 11.1 Å². The largest absolute Gasteiger partial charge is 0.422 e. The van der Waals surface area contributed by atoms with Gasteiger partial charge in [0.15, 0.2) is 23.3 Å². The van der Waals surface area contributed by atoms with E-state index in [4.69, 9.17) is 5.73 Å². The zero-order valence-corrected chi connectivity index (χ0v) is 12.9. The number of hydrogen-bond donors (Lipinski definition) is 2. The van der Waals surface area contributed by atoms with Crippen LogP contribution in [0.2, 0.25) is 0 Å². The topological polar surface area (TPSA) is 55.1 Å². The van der Waals surface area contributed by atoms with Crippen LogP contribution in [0.5, 0.6) is 0 Å². The van der Waals surface area contributed by atoms with Crippen LogP contribution in [0.25, 0.3) is 0 Å². The second kappa shape index (κ2) is 7.32. The van der Waals surface area contributed by atoms with Gasteiger partial charge in [-0.1, -0.05) is 24.3 Å². The molecule has 0 unspecified atom stereocenters. The van der Waals surface area contributed by atoms with Crippen LogP contribution in [0.3, 0.4) is 0 Å². The first-order valence-corrected chi connectivity index (χ1v) is 7.07. The summed E-state index contributed by atoms with van der Waals surface area (Å²) in [5.74, 6) is -11.1. The van der Waals surface area contributed by atoms with Crippen LogP contribution in [0, 0.1) is 23.3 Å². The van der Waals surface area contributed by atoms with Crippen molar-refractivity contribution in [1.82, 2.24) is 0 Å². The number of amides is 1. The fourth-order valence-electron chi connectivity index (χ4n) is 2.23. The lowest BCUT2D eigenvalue weighted by Gasteiger charge is -2.14. The number of alkyl halides is 3. The highest BCUT2D eigenvalue weighted by Crippen LogP contribution is 2.38. The van der Waals surface area contributed by atoms with E-state index < -0.39 is 53.0 Å². The van der Waals surface area contributed by atoms with Crippen molar-refractivity contribution in [3.8, 4) is 0 Å². The predicted octanol–water partition coefficient (Wildman–Crippen LogP) is 3.90. The molecule has 1 amide bonds. The summed E-state index contributed by atoms with van der Waals surface area (Å²) >= 11 is 0. The summed E-state index contributed by atoms with van der Waals surface area (Å²) in [4.78, 5) is 11.8. The lowest BCUT2D eigenvalue weighted by Crippen LogP contribution is -2.21. The van der Waals surface area contributed by atoms with Gasteiger partial charge in [-0.05, 0) is 11.1 Å². The van der Waals surface area contributed by atoms with Crippen molar-refractivity contribution in [1.29, 1.82) is 0 Å². The second-order valence-electron chi connectivity index (χ2n) is 5.25. The van der Waals surface area contributed by atoms with Crippen molar-refractivity contribution < 1.29 is 35.5 Å². The molecule has 0 heterocycles. The molecule has 140 valence electrons. The quantitative estimate of drug-likeness (QED) is 0.625. The van der Waals surface area contributed by atoms with Crippen molar-refractivity contribution in [3.63, 3.8) is 0 Å². The molecule has 0 saturated heterocycles. The standard InChI is InChI=1S/C16H11F7N2O/c17-11-10(16(21,22)23)12(18)14(20)15(13(11)19)25-9(26)5-7-2-1-3-8(4-7)6-24/h1-4H,5-6,24H2,(H,25,26). The van der Waals surface area contributed by atoms with E-state index in [2.05, 4.69) is 0 Å². The van der Waals surface area contributed by atoms with Crippen molar-refractivity contribution in [2.75, 3.05) is 5.32 Å². The molecule has 2 rings (SSSR count). The number of rotatable bonds is 4. The maximum absolute atomic E-state index is 13.7. The van der Waals surface area contributed by atoms with Gasteiger partial charge in [0.2, 0.25) is 5.91 Å². The van der Waals surface area contributed by atoms with Gasteiger partial charge < -0.3 is 11.1 Å². The monoisotopic (exact) mass is 380 g/mol. The first kappa shape index (κ1) is 19.7. The predicted molar refractivity (Wildman–Crippen MR) is 77.9 cm³/mol. The molecule has 0 aromatic heterocycles. The summed E-state index contributed by atoms with van der Waals surface area (Å²) in [6, 6.07) is 6.21. The number of halogens is 7. The lowest BCUT2D eigenvalue weighted by molar-refractivity contribution is -0.143. The number of hydrogen-bond acceptors (Lipinski definition) is 2. The molecular formula is C16H11F7N2O. The average Bonchev–Trinajstić information content (AvgIpc) is 2.56. The number of carbonyl (C=O) groups is 1. The van der Waals surface area contributed by atoms with Gasteiger partial charge in [-0.15, -0.1) is 0 Å². The zero-order valence-electron chi connectivity index (χ0n) is 12.9. The molecule has 0 saturated carbocycles. The fraction of sp³-hybridized carbons (Fsp3) is 0.188. The van der Waals surface area contributed by atoms with E-state index in [1.807, 2.05) is 0 Å². The van der Waals surface area contributed by atoms with Crippen LogP contribution in [0.1, 0.15) is 16.7 Å². The van der Waals surface area contributed by atoms with Crippen LogP contribution in [0.4, 0.5) is 36.4 Å². The maximum Gasteiger partial charge on any atom is 0.422 e. The Hall–Kier alpha value is -2.62. The third-order valence-corrected chi connectivity index (χ3v) is 3.40. The van der Waals surface area contributed by atoms with Crippen molar-refractivity contribution in [3.05, 3.63) is 64.2 Å². The summed E-state index contributed by atoms with van der Waals surface area (Å²) in [6.45, 7) is 0.161. The third kappa shape index (κ3) is 3.96. The fourth-order valence-corrected chi connectivity index (χ4v) is 2.23. The third-order valence-electron chi connectivity index (χ3n) is 3.40. The molecule has 26 heavy (non-hydrogen) atoms. The number of carbonyl (C=O) groups excluding carboxylic acids is 1. The Morgan fingerprint density at radius 3 is 2.00 bits per heavy atom. The summed E-state index contributed by atoms with van der Waals surface area (Å²) in [5, 5.41) is 1.56. The maximum atomic E-state index is 13.7. The van der Waals surface area contributed by atoms with Crippen LogP contribution in [-0.2, 0) is 23.9 Å². The molecule has 0 radical (unpaired) electrons.